The van der Waals surface area contributed by atoms with Crippen molar-refractivity contribution < 1.29 is 4.79 Å². The Hall–Kier alpha value is 0.710. The molecule has 0 saturated carbocycles. The number of carbonyl (C=O) groups excluding carboxylic acids is 1. The van der Waals surface area contributed by atoms with Gasteiger partial charge in [0.2, 0.25) is 0 Å². The first-order valence-electron chi connectivity index (χ1n) is 1.32. The van der Waals surface area contributed by atoms with Crippen LogP contribution in [0.15, 0.2) is 0 Å². The third-order valence-electron chi connectivity index (χ3n) is 0.218. The van der Waals surface area contributed by atoms with E-state index in [1.807, 2.05) is 22.9 Å². The van der Waals surface area contributed by atoms with Crippen LogP contribution in [-0.4, -0.2) is 11.7 Å². The van der Waals surface area contributed by atoms with Crippen molar-refractivity contribution in [3.05, 3.63) is 0 Å². The molecule has 0 unspecified atom stereocenters. The second kappa shape index (κ2) is 3.89. The molecule has 0 spiro atoms. The van der Waals surface area contributed by atoms with Crippen molar-refractivity contribution in [2.75, 3.05) is 6.54 Å². The molecule has 2 nitrogen and oxygen atoms in total. The molecule has 0 fully saturated rings. The molecule has 0 aromatic carbocycles. The molecule has 0 aromatic rings. The number of thiol groups is 1. The molecule has 0 rings (SSSR count). The van der Waals surface area contributed by atoms with E-state index < -0.39 is 0 Å². The quantitative estimate of drug-likeness (QED) is 0.398. The summed E-state index contributed by atoms with van der Waals surface area (Å²) in [5.74, 6) is 0. The molecule has 4 heteroatoms. The summed E-state index contributed by atoms with van der Waals surface area (Å²) in [6.07, 6.45) is 0. The second-order valence-corrected chi connectivity index (χ2v) is 1.97. The van der Waals surface area contributed by atoms with E-state index in [4.69, 9.17) is 0 Å². The smallest absolute Gasteiger partial charge is 0.200 e. The Morgan fingerprint density at radius 3 is 2.50 bits per heavy atom. The lowest BCUT2D eigenvalue weighted by Gasteiger charge is -1.81. The van der Waals surface area contributed by atoms with Gasteiger partial charge in [-0.1, -0.05) is 0 Å². The van der Waals surface area contributed by atoms with Crippen molar-refractivity contribution >= 4 is 40.6 Å². The Labute approximate surface area is 55.6 Å². The van der Waals surface area contributed by atoms with E-state index in [1.54, 1.807) is 0 Å². The highest BCUT2D eigenvalue weighted by atomic mass is 127. The molecule has 0 aromatic heterocycles. The predicted molar refractivity (Wildman–Crippen MR) is 36.0 cm³/mol. The van der Waals surface area contributed by atoms with Gasteiger partial charge in [-0.2, -0.15) is 0 Å². The highest BCUT2D eigenvalue weighted by Crippen LogP contribution is 1.75. The van der Waals surface area contributed by atoms with E-state index in [1.165, 1.54) is 0 Å². The normalized spacial score (nSPS) is 8.33. The maximum Gasteiger partial charge on any atom is 0.200 e. The van der Waals surface area contributed by atoms with E-state index in [2.05, 4.69) is 16.2 Å². The molecule has 0 heterocycles. The second-order valence-electron chi connectivity index (χ2n) is 0.704. The van der Waals surface area contributed by atoms with Gasteiger partial charge in [-0.05, 0) is 0 Å². The highest BCUT2D eigenvalue weighted by Gasteiger charge is 1.84. The van der Waals surface area contributed by atoms with Crippen LogP contribution in [-0.2, 0) is 4.79 Å². The Morgan fingerprint density at radius 2 is 2.50 bits per heavy atom. The molecule has 0 aliphatic heterocycles. The maximum atomic E-state index is 9.84. The van der Waals surface area contributed by atoms with Crippen molar-refractivity contribution in [1.82, 2.24) is 3.53 Å². The van der Waals surface area contributed by atoms with E-state index >= 15 is 0 Å². The lowest BCUT2D eigenvalue weighted by atomic mass is 10.8. The van der Waals surface area contributed by atoms with E-state index in [-0.39, 0.29) is 5.12 Å². The number of carbonyl (C=O) groups is 1. The summed E-state index contributed by atoms with van der Waals surface area (Å²) in [7, 11) is 0. The van der Waals surface area contributed by atoms with Crippen molar-refractivity contribution in [2.45, 2.75) is 0 Å². The van der Waals surface area contributed by atoms with Crippen molar-refractivity contribution in [3.8, 4) is 0 Å². The largest absolute Gasteiger partial charge is 0.286 e. The zero-order valence-corrected chi connectivity index (χ0v) is 5.99. The average Bonchev–Trinajstić information content (AvgIpc) is 1.35. The van der Waals surface area contributed by atoms with Gasteiger partial charge in [0.25, 0.3) is 0 Å². The summed E-state index contributed by atoms with van der Waals surface area (Å²) < 4.78 is 2.61. The summed E-state index contributed by atoms with van der Waals surface area (Å²) in [5.41, 5.74) is 0. The van der Waals surface area contributed by atoms with Gasteiger partial charge in [0.05, 0.1) is 6.54 Å². The molecule has 0 atom stereocenters. The fraction of sp³-hybridized carbons (Fsp3) is 0.500. The number of halogens is 1. The van der Waals surface area contributed by atoms with Gasteiger partial charge in [-0.3, -0.25) is 8.32 Å². The van der Waals surface area contributed by atoms with E-state index in [0.29, 0.717) is 6.54 Å². The first kappa shape index (κ1) is 6.71. The summed E-state index contributed by atoms with van der Waals surface area (Å²) in [4.78, 5) is 9.84. The lowest BCUT2D eigenvalue weighted by molar-refractivity contribution is -0.109. The molecule has 36 valence electrons. The number of hydrogen-bond acceptors (Lipinski definition) is 2. The van der Waals surface area contributed by atoms with Crippen molar-refractivity contribution in [1.29, 1.82) is 0 Å². The monoisotopic (exact) mass is 217 g/mol. The summed E-state index contributed by atoms with van der Waals surface area (Å²) >= 11 is 5.35. The molecule has 0 radical (unpaired) electrons. The van der Waals surface area contributed by atoms with Crippen LogP contribution >= 0.6 is 35.5 Å². The van der Waals surface area contributed by atoms with Gasteiger partial charge in [0, 0.05) is 22.9 Å². The molecule has 6 heavy (non-hydrogen) atoms. The molecule has 0 amide bonds. The molecule has 0 saturated heterocycles. The first-order valence-corrected chi connectivity index (χ1v) is 2.85. The minimum Gasteiger partial charge on any atom is -0.286 e. The SMILES string of the molecule is O=C(S)CNI. The van der Waals surface area contributed by atoms with Gasteiger partial charge in [0.15, 0.2) is 5.12 Å². The van der Waals surface area contributed by atoms with Crippen LogP contribution in [0.1, 0.15) is 0 Å². The van der Waals surface area contributed by atoms with Crippen LogP contribution < -0.4 is 3.53 Å². The van der Waals surface area contributed by atoms with Crippen LogP contribution in [0.25, 0.3) is 0 Å². The summed E-state index contributed by atoms with van der Waals surface area (Å²) in [5, 5.41) is -0.135. The maximum absolute atomic E-state index is 9.84. The summed E-state index contributed by atoms with van der Waals surface area (Å²) in [6.45, 7) is 0.337. The standard InChI is InChI=1S/C2H4INOS/c3-4-1-2(5)6/h4H,1H2,(H,5,6). The number of hydrogen-bond donors (Lipinski definition) is 2. The third kappa shape index (κ3) is 4.71. The molecule has 0 bridgehead atoms. The van der Waals surface area contributed by atoms with Crippen molar-refractivity contribution in [2.24, 2.45) is 0 Å². The Morgan fingerprint density at radius 1 is 2.00 bits per heavy atom. The fourth-order valence-electron chi connectivity index (χ4n) is 0.0572. The summed E-state index contributed by atoms with van der Waals surface area (Å²) in [6, 6.07) is 0. The molecular weight excluding hydrogens is 213 g/mol. The average molecular weight is 217 g/mol. The lowest BCUT2D eigenvalue weighted by Crippen LogP contribution is -2.06. The minimum atomic E-state index is -0.135. The third-order valence-corrected chi connectivity index (χ3v) is 0.758. The molecular formula is C2H4INOS. The van der Waals surface area contributed by atoms with Gasteiger partial charge < -0.3 is 0 Å². The van der Waals surface area contributed by atoms with Crippen LogP contribution in [0.4, 0.5) is 0 Å². The minimum absolute atomic E-state index is 0.135. The van der Waals surface area contributed by atoms with Crippen LogP contribution in [0.3, 0.4) is 0 Å². The molecule has 1 N–H and O–H groups in total. The highest BCUT2D eigenvalue weighted by molar-refractivity contribution is 14.1. The fourth-order valence-corrected chi connectivity index (χ4v) is 0.784. The van der Waals surface area contributed by atoms with Crippen molar-refractivity contribution in [3.63, 3.8) is 0 Å². The zero-order valence-electron chi connectivity index (χ0n) is 2.94. The number of rotatable bonds is 2. The van der Waals surface area contributed by atoms with E-state index in [0.717, 1.165) is 0 Å². The van der Waals surface area contributed by atoms with Gasteiger partial charge >= 0.3 is 0 Å². The van der Waals surface area contributed by atoms with Crippen LogP contribution in [0.5, 0.6) is 0 Å². The Kier molecular flexibility index (Phi) is 4.34. The van der Waals surface area contributed by atoms with Gasteiger partial charge in [-0.15, -0.1) is 12.6 Å². The number of nitrogens with one attached hydrogen (secondary N) is 1. The van der Waals surface area contributed by atoms with E-state index in [9.17, 15) is 4.79 Å². The van der Waals surface area contributed by atoms with Crippen LogP contribution in [0.2, 0.25) is 0 Å². The Balaban J connectivity index is 2.83. The Bertz CT molecular complexity index is 57.5. The topological polar surface area (TPSA) is 29.1 Å². The first-order chi connectivity index (χ1) is 2.77. The zero-order chi connectivity index (χ0) is 4.99. The van der Waals surface area contributed by atoms with Gasteiger partial charge in [0.1, 0.15) is 0 Å². The predicted octanol–water partition coefficient (Wildman–Crippen LogP) is 0.382. The van der Waals surface area contributed by atoms with Crippen LogP contribution in [0, 0.1) is 0 Å². The molecule has 0 aliphatic rings. The van der Waals surface area contributed by atoms with Gasteiger partial charge in [-0.25, -0.2) is 0 Å². The molecule has 0 aliphatic carbocycles.